The molecule has 0 fully saturated rings. The summed E-state index contributed by atoms with van der Waals surface area (Å²) in [5.74, 6) is 0. The number of hydrogen-bond acceptors (Lipinski definition) is 4. The van der Waals surface area contributed by atoms with Gasteiger partial charge in [-0.25, -0.2) is 4.79 Å². The van der Waals surface area contributed by atoms with Crippen LogP contribution in [0.2, 0.25) is 0 Å². The number of aldehydes is 1. The van der Waals surface area contributed by atoms with E-state index in [1.165, 1.54) is 34.4 Å². The fourth-order valence-electron chi connectivity index (χ4n) is 5.25. The highest BCUT2D eigenvalue weighted by Crippen LogP contribution is 2.37. The molecule has 0 unspecified atom stereocenters. The molecule has 2 aromatic heterocycles. The van der Waals surface area contributed by atoms with Crippen molar-refractivity contribution in [1.29, 1.82) is 0 Å². The van der Waals surface area contributed by atoms with Gasteiger partial charge in [-0.15, -0.1) is 11.3 Å². The lowest BCUT2D eigenvalue weighted by atomic mass is 9.89. The highest BCUT2D eigenvalue weighted by molar-refractivity contribution is 7.16. The van der Waals surface area contributed by atoms with Gasteiger partial charge in [-0.05, 0) is 87.8 Å². The fourth-order valence-corrected chi connectivity index (χ4v) is 6.51. The molecule has 3 heterocycles. The summed E-state index contributed by atoms with van der Waals surface area (Å²) in [5.41, 5.74) is 7.01. The smallest absolute Gasteiger partial charge is 0.320 e. The lowest BCUT2D eigenvalue weighted by molar-refractivity contribution is 0.112. The number of fused-ring (bicyclic) bond motifs is 1. The second-order valence-electron chi connectivity index (χ2n) is 9.71. The number of anilines is 1. The number of rotatable bonds is 9. The molecule has 35 heavy (non-hydrogen) atoms. The molecular weight excluding hydrogens is 456 g/mol. The van der Waals surface area contributed by atoms with Gasteiger partial charge in [0.1, 0.15) is 5.00 Å². The van der Waals surface area contributed by atoms with Crippen LogP contribution in [0.5, 0.6) is 0 Å². The number of unbranched alkanes of at least 4 members (excludes halogenated alkanes) is 1. The Hall–Kier alpha value is -2.64. The summed E-state index contributed by atoms with van der Waals surface area (Å²) in [6.45, 7) is 6.81. The van der Waals surface area contributed by atoms with Crippen molar-refractivity contribution in [2.75, 3.05) is 32.0 Å². The maximum Gasteiger partial charge on any atom is 0.320 e. The van der Waals surface area contributed by atoms with Crippen LogP contribution in [0.25, 0.3) is 5.70 Å². The Kier molecular flexibility index (Phi) is 8.63. The molecule has 0 aromatic carbocycles. The van der Waals surface area contributed by atoms with Gasteiger partial charge in [0.25, 0.3) is 0 Å². The third-order valence-electron chi connectivity index (χ3n) is 7.24. The van der Waals surface area contributed by atoms with Crippen LogP contribution in [0.15, 0.2) is 41.2 Å². The molecule has 7 heteroatoms. The van der Waals surface area contributed by atoms with E-state index in [0.717, 1.165) is 69.2 Å². The van der Waals surface area contributed by atoms with Crippen molar-refractivity contribution in [3.8, 4) is 0 Å². The summed E-state index contributed by atoms with van der Waals surface area (Å²) in [5, 5.41) is 6.78. The molecular formula is C28H38N4O2S. The quantitative estimate of drug-likeness (QED) is 0.413. The largest absolute Gasteiger partial charge is 0.334 e. The number of hydrogen-bond donors (Lipinski definition) is 2. The van der Waals surface area contributed by atoms with E-state index in [4.69, 9.17) is 0 Å². The van der Waals surface area contributed by atoms with E-state index in [0.29, 0.717) is 17.1 Å². The first kappa shape index (κ1) is 25.5. The molecule has 6 nitrogen and oxygen atoms in total. The van der Waals surface area contributed by atoms with Crippen LogP contribution in [0.1, 0.15) is 73.2 Å². The number of carbonyl (C=O) groups is 2. The zero-order valence-electron chi connectivity index (χ0n) is 21.3. The Balaban J connectivity index is 1.57. The van der Waals surface area contributed by atoms with Crippen molar-refractivity contribution in [2.45, 2.75) is 65.2 Å². The molecule has 0 spiro atoms. The molecule has 188 valence electrons. The monoisotopic (exact) mass is 494 g/mol. The molecule has 0 bridgehead atoms. The third kappa shape index (κ3) is 5.96. The number of aryl methyl sites for hydroxylation is 1. The Morgan fingerprint density at radius 3 is 2.69 bits per heavy atom. The van der Waals surface area contributed by atoms with Crippen LogP contribution in [0.4, 0.5) is 9.80 Å². The SMILES string of the molecule is CCCCC1=C(/C(CNC(=O)Nc2sc3c(c2C=O)CCCC3)=C(\C)n2cccc2)CCN(C)C1. The molecule has 2 aliphatic rings. The van der Waals surface area contributed by atoms with Gasteiger partial charge < -0.3 is 14.8 Å². The Morgan fingerprint density at radius 2 is 1.94 bits per heavy atom. The van der Waals surface area contributed by atoms with Gasteiger partial charge in [0.05, 0.1) is 5.56 Å². The summed E-state index contributed by atoms with van der Waals surface area (Å²) in [7, 11) is 2.18. The zero-order valence-corrected chi connectivity index (χ0v) is 22.1. The number of nitrogens with one attached hydrogen (secondary N) is 2. The lowest BCUT2D eigenvalue weighted by Crippen LogP contribution is -2.34. The molecule has 0 saturated carbocycles. The van der Waals surface area contributed by atoms with Crippen molar-refractivity contribution in [3.05, 3.63) is 57.2 Å². The predicted molar refractivity (Wildman–Crippen MR) is 145 cm³/mol. The molecule has 0 atom stereocenters. The second-order valence-corrected chi connectivity index (χ2v) is 10.8. The van der Waals surface area contributed by atoms with Crippen LogP contribution in [0.3, 0.4) is 0 Å². The number of aromatic nitrogens is 1. The van der Waals surface area contributed by atoms with Crippen molar-refractivity contribution in [2.24, 2.45) is 0 Å². The van der Waals surface area contributed by atoms with E-state index in [1.54, 1.807) is 11.3 Å². The summed E-state index contributed by atoms with van der Waals surface area (Å²) < 4.78 is 2.13. The number of likely N-dealkylation sites (N-methyl/N-ethyl adjacent to an activating group) is 1. The lowest BCUT2D eigenvalue weighted by Gasteiger charge is -2.30. The highest BCUT2D eigenvalue weighted by atomic mass is 32.1. The molecule has 2 N–H and O–H groups in total. The van der Waals surface area contributed by atoms with E-state index in [-0.39, 0.29) is 6.03 Å². The van der Waals surface area contributed by atoms with Crippen molar-refractivity contribution in [1.82, 2.24) is 14.8 Å². The Labute approximate surface area is 213 Å². The number of nitrogens with zero attached hydrogens (tertiary/aromatic N) is 2. The molecule has 0 saturated heterocycles. The minimum atomic E-state index is -0.256. The van der Waals surface area contributed by atoms with Gasteiger partial charge in [0.2, 0.25) is 0 Å². The van der Waals surface area contributed by atoms with E-state index < -0.39 is 0 Å². The Morgan fingerprint density at radius 1 is 1.17 bits per heavy atom. The van der Waals surface area contributed by atoms with Crippen LogP contribution in [-0.4, -0.2) is 48.5 Å². The van der Waals surface area contributed by atoms with Gasteiger partial charge in [0.15, 0.2) is 6.29 Å². The topological polar surface area (TPSA) is 66.4 Å². The van der Waals surface area contributed by atoms with Gasteiger partial charge in [-0.3, -0.25) is 10.1 Å². The van der Waals surface area contributed by atoms with Crippen molar-refractivity contribution < 1.29 is 9.59 Å². The predicted octanol–water partition coefficient (Wildman–Crippen LogP) is 6.12. The first-order chi connectivity index (χ1) is 17.0. The number of thiophene rings is 1. The van der Waals surface area contributed by atoms with Gasteiger partial charge in [0, 0.05) is 42.6 Å². The third-order valence-corrected chi connectivity index (χ3v) is 8.46. The van der Waals surface area contributed by atoms with Crippen molar-refractivity contribution in [3.63, 3.8) is 0 Å². The fraction of sp³-hybridized carbons (Fsp3) is 0.500. The number of allylic oxidation sites excluding steroid dienone is 1. The summed E-state index contributed by atoms with van der Waals surface area (Å²) in [6, 6.07) is 3.80. The minimum absolute atomic E-state index is 0.256. The van der Waals surface area contributed by atoms with Crippen LogP contribution in [0, 0.1) is 0 Å². The number of carbonyl (C=O) groups excluding carboxylic acids is 2. The molecule has 1 aliphatic heterocycles. The van der Waals surface area contributed by atoms with E-state index in [1.807, 2.05) is 12.1 Å². The average molecular weight is 495 g/mol. The van der Waals surface area contributed by atoms with Gasteiger partial charge in [-0.1, -0.05) is 18.9 Å². The number of amides is 2. The van der Waals surface area contributed by atoms with Crippen LogP contribution >= 0.6 is 11.3 Å². The maximum absolute atomic E-state index is 13.0. The Bertz CT molecular complexity index is 1110. The maximum atomic E-state index is 13.0. The molecule has 0 radical (unpaired) electrons. The van der Waals surface area contributed by atoms with E-state index in [2.05, 4.69) is 53.4 Å². The summed E-state index contributed by atoms with van der Waals surface area (Å²) in [6.07, 6.45) is 13.6. The molecule has 2 aromatic rings. The summed E-state index contributed by atoms with van der Waals surface area (Å²) >= 11 is 1.56. The highest BCUT2D eigenvalue weighted by Gasteiger charge is 2.23. The first-order valence-corrected chi connectivity index (χ1v) is 13.7. The molecule has 2 amide bonds. The summed E-state index contributed by atoms with van der Waals surface area (Å²) in [4.78, 5) is 28.4. The van der Waals surface area contributed by atoms with Gasteiger partial charge >= 0.3 is 6.03 Å². The molecule has 1 aliphatic carbocycles. The van der Waals surface area contributed by atoms with Crippen LogP contribution in [-0.2, 0) is 12.8 Å². The molecule has 4 rings (SSSR count). The van der Waals surface area contributed by atoms with Crippen LogP contribution < -0.4 is 10.6 Å². The average Bonchev–Trinajstić information content (AvgIpc) is 3.51. The standard InChI is InChI=1S/C28H38N4O2S/c1-4-5-10-21-18-31(3)16-13-22(21)24(20(2)32-14-8-9-15-32)17-29-28(34)30-27-25(19-33)23-11-6-7-12-26(23)35-27/h8-9,14-15,19H,4-7,10-13,16-18H2,1-3H3,(H2,29,30,34)/b24-20+. The normalized spacial score (nSPS) is 17.1. The van der Waals surface area contributed by atoms with E-state index >= 15 is 0 Å². The minimum Gasteiger partial charge on any atom is -0.334 e. The number of urea groups is 1. The van der Waals surface area contributed by atoms with E-state index in [9.17, 15) is 9.59 Å². The zero-order chi connectivity index (χ0) is 24.8. The van der Waals surface area contributed by atoms with Crippen molar-refractivity contribution >= 4 is 34.4 Å². The second kappa shape index (κ2) is 11.9. The van der Waals surface area contributed by atoms with Gasteiger partial charge in [-0.2, -0.15) is 0 Å². The first-order valence-electron chi connectivity index (χ1n) is 12.9.